The first-order valence-electron chi connectivity index (χ1n) is 7.11. The fourth-order valence-corrected chi connectivity index (χ4v) is 3.01. The molecular weight excluding hydrogens is 318 g/mol. The van der Waals surface area contributed by atoms with Crippen molar-refractivity contribution in [3.8, 4) is 0 Å². The van der Waals surface area contributed by atoms with Crippen molar-refractivity contribution in [2.24, 2.45) is 7.05 Å². The smallest absolute Gasteiger partial charge is 0.0853 e. The molecule has 1 N–H and O–H groups in total. The Balaban J connectivity index is 2.20. The predicted octanol–water partition coefficient (Wildman–Crippen LogP) is 3.14. The van der Waals surface area contributed by atoms with Crippen molar-refractivity contribution in [2.75, 3.05) is 5.32 Å². The third-order valence-corrected chi connectivity index (χ3v) is 4.30. The number of nitrogens with zero attached hydrogens (tertiary/aromatic N) is 4. The minimum atomic E-state index is 0.750. The van der Waals surface area contributed by atoms with Gasteiger partial charge in [-0.25, -0.2) is 0 Å². The number of halogens is 1. The largest absolute Gasteiger partial charge is 0.377 e. The van der Waals surface area contributed by atoms with Crippen LogP contribution in [-0.4, -0.2) is 19.6 Å². The van der Waals surface area contributed by atoms with Gasteiger partial charge in [0.15, 0.2) is 0 Å². The number of aryl methyl sites for hydroxylation is 4. The molecule has 5 nitrogen and oxygen atoms in total. The van der Waals surface area contributed by atoms with Crippen LogP contribution in [0.25, 0.3) is 0 Å². The summed E-state index contributed by atoms with van der Waals surface area (Å²) in [6, 6.07) is 0. The Kier molecular flexibility index (Phi) is 4.86. The lowest BCUT2D eigenvalue weighted by Gasteiger charge is -2.08. The van der Waals surface area contributed by atoms with Crippen LogP contribution in [0, 0.1) is 0 Å². The van der Waals surface area contributed by atoms with Gasteiger partial charge in [-0.1, -0.05) is 13.8 Å². The van der Waals surface area contributed by atoms with E-state index in [1.165, 1.54) is 5.69 Å². The minimum absolute atomic E-state index is 0.750. The summed E-state index contributed by atoms with van der Waals surface area (Å²) < 4.78 is 5.03. The second-order valence-corrected chi connectivity index (χ2v) is 5.54. The van der Waals surface area contributed by atoms with Gasteiger partial charge in [0.25, 0.3) is 0 Å². The van der Waals surface area contributed by atoms with Crippen molar-refractivity contribution >= 4 is 21.6 Å². The highest BCUT2D eigenvalue weighted by Gasteiger charge is 2.14. The van der Waals surface area contributed by atoms with Crippen molar-refractivity contribution in [3.63, 3.8) is 0 Å². The van der Waals surface area contributed by atoms with Gasteiger partial charge in [0.1, 0.15) is 0 Å². The quantitative estimate of drug-likeness (QED) is 0.879. The molecule has 2 rings (SSSR count). The predicted molar refractivity (Wildman–Crippen MR) is 84.9 cm³/mol. The molecule has 110 valence electrons. The molecule has 0 saturated carbocycles. The lowest BCUT2D eigenvalue weighted by molar-refractivity contribution is 0.619. The van der Waals surface area contributed by atoms with E-state index >= 15 is 0 Å². The Hall–Kier alpha value is -1.30. The van der Waals surface area contributed by atoms with Gasteiger partial charge in [-0.05, 0) is 35.7 Å². The van der Waals surface area contributed by atoms with E-state index in [9.17, 15) is 0 Å². The number of aromatic nitrogens is 4. The molecule has 6 heteroatoms. The average molecular weight is 340 g/mol. The van der Waals surface area contributed by atoms with E-state index in [2.05, 4.69) is 56.9 Å². The lowest BCUT2D eigenvalue weighted by Crippen LogP contribution is -2.09. The van der Waals surface area contributed by atoms with Gasteiger partial charge in [-0.2, -0.15) is 10.2 Å². The highest BCUT2D eigenvalue weighted by Crippen LogP contribution is 2.24. The molecule has 0 aliphatic carbocycles. The van der Waals surface area contributed by atoms with Crippen LogP contribution < -0.4 is 5.32 Å². The standard InChI is InChI=1S/C14H22BrN5/c1-5-10-12(9-19(4)17-10)16-8-13-14(15)11(6-2)18-20(13)7-3/h9,16H,5-8H2,1-4H3. The monoisotopic (exact) mass is 339 g/mol. The van der Waals surface area contributed by atoms with Crippen LogP contribution in [0.2, 0.25) is 0 Å². The van der Waals surface area contributed by atoms with E-state index < -0.39 is 0 Å². The van der Waals surface area contributed by atoms with Crippen molar-refractivity contribution < 1.29 is 0 Å². The van der Waals surface area contributed by atoms with Crippen molar-refractivity contribution in [3.05, 3.63) is 27.8 Å². The maximum Gasteiger partial charge on any atom is 0.0853 e. The first-order valence-corrected chi connectivity index (χ1v) is 7.90. The van der Waals surface area contributed by atoms with Crippen LogP contribution >= 0.6 is 15.9 Å². The zero-order chi connectivity index (χ0) is 14.7. The number of hydrogen-bond donors (Lipinski definition) is 1. The first kappa shape index (κ1) is 15.1. The van der Waals surface area contributed by atoms with Gasteiger partial charge in [-0.3, -0.25) is 9.36 Å². The summed E-state index contributed by atoms with van der Waals surface area (Å²) in [6.45, 7) is 7.99. The lowest BCUT2D eigenvalue weighted by atomic mass is 10.2. The first-order chi connectivity index (χ1) is 9.60. The van der Waals surface area contributed by atoms with Gasteiger partial charge >= 0.3 is 0 Å². The molecule has 2 aromatic heterocycles. The molecule has 0 fully saturated rings. The molecule has 0 bridgehead atoms. The molecule has 0 aromatic carbocycles. The van der Waals surface area contributed by atoms with E-state index in [0.717, 1.165) is 47.5 Å². The Bertz CT molecular complexity index is 585. The summed E-state index contributed by atoms with van der Waals surface area (Å²) in [5, 5.41) is 12.5. The number of nitrogens with one attached hydrogen (secondary N) is 1. The normalized spacial score (nSPS) is 11.1. The van der Waals surface area contributed by atoms with E-state index in [-0.39, 0.29) is 0 Å². The Labute approximate surface area is 128 Å². The topological polar surface area (TPSA) is 47.7 Å². The highest BCUT2D eigenvalue weighted by molar-refractivity contribution is 9.10. The highest BCUT2D eigenvalue weighted by atomic mass is 79.9. The average Bonchev–Trinajstić information content (AvgIpc) is 2.96. The summed E-state index contributed by atoms with van der Waals surface area (Å²) in [5.74, 6) is 0. The second kappa shape index (κ2) is 6.43. The van der Waals surface area contributed by atoms with Crippen molar-refractivity contribution in [2.45, 2.75) is 46.7 Å². The van der Waals surface area contributed by atoms with Crippen LogP contribution in [-0.2, 0) is 33.0 Å². The van der Waals surface area contributed by atoms with Crippen molar-refractivity contribution in [1.82, 2.24) is 19.6 Å². The molecule has 0 radical (unpaired) electrons. The van der Waals surface area contributed by atoms with Crippen LogP contribution in [0.1, 0.15) is 37.9 Å². The summed E-state index contributed by atoms with van der Waals surface area (Å²) in [7, 11) is 1.95. The van der Waals surface area contributed by atoms with Crippen LogP contribution in [0.5, 0.6) is 0 Å². The number of rotatable bonds is 6. The van der Waals surface area contributed by atoms with E-state index in [4.69, 9.17) is 0 Å². The third-order valence-electron chi connectivity index (χ3n) is 3.38. The molecule has 0 amide bonds. The van der Waals surface area contributed by atoms with Crippen LogP contribution in [0.3, 0.4) is 0 Å². The Morgan fingerprint density at radius 2 is 1.85 bits per heavy atom. The summed E-state index contributed by atoms with van der Waals surface area (Å²) in [5.41, 5.74) is 4.51. The molecular formula is C14H22BrN5. The SMILES string of the molecule is CCc1nn(C)cc1NCc1c(Br)c(CC)nn1CC. The maximum absolute atomic E-state index is 4.62. The van der Waals surface area contributed by atoms with E-state index in [1.54, 1.807) is 0 Å². The molecule has 2 aromatic rings. The van der Waals surface area contributed by atoms with Crippen LogP contribution in [0.15, 0.2) is 10.7 Å². The summed E-state index contributed by atoms with van der Waals surface area (Å²) in [6.07, 6.45) is 3.89. The molecule has 0 aliphatic rings. The minimum Gasteiger partial charge on any atom is -0.377 e. The zero-order valence-corrected chi connectivity index (χ0v) is 14.2. The zero-order valence-electron chi connectivity index (χ0n) is 12.6. The molecule has 0 unspecified atom stereocenters. The molecule has 0 spiro atoms. The summed E-state index contributed by atoms with van der Waals surface area (Å²) in [4.78, 5) is 0. The maximum atomic E-state index is 4.62. The van der Waals surface area contributed by atoms with Gasteiger partial charge in [0.05, 0.1) is 33.8 Å². The Morgan fingerprint density at radius 1 is 1.15 bits per heavy atom. The summed E-state index contributed by atoms with van der Waals surface area (Å²) >= 11 is 3.67. The number of anilines is 1. The fourth-order valence-electron chi connectivity index (χ4n) is 2.31. The Morgan fingerprint density at radius 3 is 2.45 bits per heavy atom. The molecule has 20 heavy (non-hydrogen) atoms. The molecule has 0 saturated heterocycles. The van der Waals surface area contributed by atoms with Gasteiger partial charge in [-0.15, -0.1) is 0 Å². The van der Waals surface area contributed by atoms with Gasteiger partial charge in [0, 0.05) is 19.8 Å². The molecule has 0 aliphatic heterocycles. The third kappa shape index (κ3) is 2.90. The van der Waals surface area contributed by atoms with Crippen LogP contribution in [0.4, 0.5) is 5.69 Å². The van der Waals surface area contributed by atoms with Gasteiger partial charge < -0.3 is 5.32 Å². The van der Waals surface area contributed by atoms with Gasteiger partial charge in [0.2, 0.25) is 0 Å². The fraction of sp³-hybridized carbons (Fsp3) is 0.571. The number of hydrogen-bond acceptors (Lipinski definition) is 3. The van der Waals surface area contributed by atoms with Crippen molar-refractivity contribution in [1.29, 1.82) is 0 Å². The molecule has 0 atom stereocenters. The van der Waals surface area contributed by atoms with E-state index in [0.29, 0.717) is 0 Å². The molecule has 2 heterocycles. The van der Waals surface area contributed by atoms with E-state index in [1.807, 2.05) is 17.9 Å². The second-order valence-electron chi connectivity index (χ2n) is 4.75.